The fraction of sp³-hybridized carbons (Fsp3) is 0.429. The second-order valence-corrected chi connectivity index (χ2v) is 7.84. The molecule has 1 saturated heterocycles. The Hall–Kier alpha value is -2.18. The number of benzene rings is 1. The van der Waals surface area contributed by atoms with Crippen molar-refractivity contribution >= 4 is 23.2 Å². The zero-order chi connectivity index (χ0) is 19.1. The molecule has 0 aliphatic carbocycles. The topological polar surface area (TPSA) is 52.7 Å². The van der Waals surface area contributed by atoms with Gasteiger partial charge in [-0.05, 0) is 36.8 Å². The lowest BCUT2D eigenvalue weighted by molar-refractivity contribution is -0.133. The van der Waals surface area contributed by atoms with Crippen molar-refractivity contribution in [2.24, 2.45) is 0 Å². The van der Waals surface area contributed by atoms with Gasteiger partial charge in [-0.3, -0.25) is 14.5 Å². The largest absolute Gasteiger partial charge is 0.349 e. The number of amides is 2. The van der Waals surface area contributed by atoms with E-state index >= 15 is 0 Å². The fourth-order valence-corrected chi connectivity index (χ4v) is 4.00. The lowest BCUT2D eigenvalue weighted by atomic mass is 10.0. The first-order valence-corrected chi connectivity index (χ1v) is 10.4. The number of thiophene rings is 1. The molecular formula is C21H27N3O2S. The molecule has 1 aliphatic heterocycles. The predicted octanol–water partition coefficient (Wildman–Crippen LogP) is 2.99. The fourth-order valence-electron chi connectivity index (χ4n) is 3.37. The standard InChI is InChI=1S/C21H27N3O2S/c1-2-24(15-17-7-4-3-5-8-17)20(25)16-23-12-10-18(11-13-23)22-21(26)19-9-6-14-27-19/h3-9,14,18H,2,10-13,15-16H2,1H3,(H,22,26). The zero-order valence-electron chi connectivity index (χ0n) is 15.8. The third kappa shape index (κ3) is 5.65. The minimum Gasteiger partial charge on any atom is -0.349 e. The van der Waals surface area contributed by atoms with Crippen molar-refractivity contribution in [2.75, 3.05) is 26.2 Å². The molecule has 2 heterocycles. The van der Waals surface area contributed by atoms with E-state index in [2.05, 4.69) is 22.3 Å². The Morgan fingerprint density at radius 1 is 1.15 bits per heavy atom. The molecule has 0 atom stereocenters. The molecule has 3 rings (SSSR count). The number of hydrogen-bond acceptors (Lipinski definition) is 4. The van der Waals surface area contributed by atoms with Crippen LogP contribution in [0.4, 0.5) is 0 Å². The van der Waals surface area contributed by atoms with Crippen molar-refractivity contribution < 1.29 is 9.59 Å². The summed E-state index contributed by atoms with van der Waals surface area (Å²) in [7, 11) is 0. The molecule has 5 nitrogen and oxygen atoms in total. The van der Waals surface area contributed by atoms with Gasteiger partial charge in [-0.15, -0.1) is 11.3 Å². The molecule has 144 valence electrons. The van der Waals surface area contributed by atoms with Crippen molar-refractivity contribution in [2.45, 2.75) is 32.4 Å². The Kier molecular flexibility index (Phi) is 7.01. The second-order valence-electron chi connectivity index (χ2n) is 6.89. The quantitative estimate of drug-likeness (QED) is 0.797. The Labute approximate surface area is 165 Å². The van der Waals surface area contributed by atoms with Gasteiger partial charge < -0.3 is 10.2 Å². The third-order valence-corrected chi connectivity index (χ3v) is 5.85. The number of rotatable bonds is 7. The van der Waals surface area contributed by atoms with E-state index in [1.165, 1.54) is 11.3 Å². The van der Waals surface area contributed by atoms with Gasteiger partial charge in [-0.2, -0.15) is 0 Å². The van der Waals surface area contributed by atoms with Crippen LogP contribution in [-0.4, -0.2) is 53.8 Å². The first kappa shape index (κ1) is 19.6. The number of likely N-dealkylation sites (tertiary alicyclic amines) is 1. The first-order valence-electron chi connectivity index (χ1n) is 9.54. The highest BCUT2D eigenvalue weighted by Crippen LogP contribution is 2.14. The van der Waals surface area contributed by atoms with Crippen LogP contribution in [0.3, 0.4) is 0 Å². The number of carbonyl (C=O) groups excluding carboxylic acids is 2. The number of hydrogen-bond donors (Lipinski definition) is 1. The number of piperidine rings is 1. The molecule has 1 aromatic carbocycles. The first-order chi connectivity index (χ1) is 13.2. The van der Waals surface area contributed by atoms with E-state index in [9.17, 15) is 9.59 Å². The number of likely N-dealkylation sites (N-methyl/N-ethyl adjacent to an activating group) is 1. The van der Waals surface area contributed by atoms with Crippen LogP contribution in [0.2, 0.25) is 0 Å². The van der Waals surface area contributed by atoms with Crippen LogP contribution in [0.1, 0.15) is 35.0 Å². The maximum absolute atomic E-state index is 12.7. The van der Waals surface area contributed by atoms with Crippen molar-refractivity contribution in [3.05, 3.63) is 58.3 Å². The van der Waals surface area contributed by atoms with Gasteiger partial charge >= 0.3 is 0 Å². The summed E-state index contributed by atoms with van der Waals surface area (Å²) in [6.45, 7) is 5.51. The summed E-state index contributed by atoms with van der Waals surface area (Å²) in [5.74, 6) is 0.182. The molecule has 0 radical (unpaired) electrons. The van der Waals surface area contributed by atoms with Crippen molar-refractivity contribution in [1.29, 1.82) is 0 Å². The van der Waals surface area contributed by atoms with E-state index in [0.717, 1.165) is 36.4 Å². The summed E-state index contributed by atoms with van der Waals surface area (Å²) in [5.41, 5.74) is 1.16. The summed E-state index contributed by atoms with van der Waals surface area (Å²) >= 11 is 1.46. The molecule has 1 aromatic heterocycles. The Balaban J connectivity index is 1.43. The van der Waals surface area contributed by atoms with Crippen LogP contribution in [-0.2, 0) is 11.3 Å². The van der Waals surface area contributed by atoms with Crippen LogP contribution < -0.4 is 5.32 Å². The Bertz CT molecular complexity index is 725. The van der Waals surface area contributed by atoms with Gasteiger partial charge in [0.2, 0.25) is 5.91 Å². The van der Waals surface area contributed by atoms with Crippen molar-refractivity contribution in [1.82, 2.24) is 15.1 Å². The highest BCUT2D eigenvalue weighted by atomic mass is 32.1. The van der Waals surface area contributed by atoms with Gasteiger partial charge in [-0.1, -0.05) is 36.4 Å². The van der Waals surface area contributed by atoms with Gasteiger partial charge in [0.15, 0.2) is 0 Å². The number of nitrogens with one attached hydrogen (secondary N) is 1. The van der Waals surface area contributed by atoms with E-state index in [-0.39, 0.29) is 17.9 Å². The molecule has 1 fully saturated rings. The van der Waals surface area contributed by atoms with Gasteiger partial charge in [0, 0.05) is 32.2 Å². The molecule has 0 spiro atoms. The molecule has 6 heteroatoms. The molecule has 2 amide bonds. The number of nitrogens with zero attached hydrogens (tertiary/aromatic N) is 2. The minimum absolute atomic E-state index is 0.0135. The van der Waals surface area contributed by atoms with E-state index in [4.69, 9.17) is 0 Å². The molecule has 0 bridgehead atoms. The maximum atomic E-state index is 12.7. The SMILES string of the molecule is CCN(Cc1ccccc1)C(=O)CN1CCC(NC(=O)c2cccs2)CC1. The molecule has 0 unspecified atom stereocenters. The lowest BCUT2D eigenvalue weighted by Crippen LogP contribution is -2.47. The monoisotopic (exact) mass is 385 g/mol. The van der Waals surface area contributed by atoms with Crippen molar-refractivity contribution in [3.8, 4) is 0 Å². The average Bonchev–Trinajstić information content (AvgIpc) is 3.23. The van der Waals surface area contributed by atoms with E-state index in [1.807, 2.05) is 47.5 Å². The zero-order valence-corrected chi connectivity index (χ0v) is 16.6. The second kappa shape index (κ2) is 9.67. The van der Waals surface area contributed by atoms with Crippen LogP contribution in [0, 0.1) is 0 Å². The number of carbonyl (C=O) groups is 2. The summed E-state index contributed by atoms with van der Waals surface area (Å²) in [6, 6.07) is 14.0. The molecule has 1 N–H and O–H groups in total. The van der Waals surface area contributed by atoms with Crippen LogP contribution in [0.25, 0.3) is 0 Å². The van der Waals surface area contributed by atoms with Crippen LogP contribution >= 0.6 is 11.3 Å². The van der Waals surface area contributed by atoms with Gasteiger partial charge in [0.1, 0.15) is 0 Å². The smallest absolute Gasteiger partial charge is 0.261 e. The van der Waals surface area contributed by atoms with E-state index in [0.29, 0.717) is 19.6 Å². The maximum Gasteiger partial charge on any atom is 0.261 e. The third-order valence-electron chi connectivity index (χ3n) is 4.98. The summed E-state index contributed by atoms with van der Waals surface area (Å²) in [6.07, 6.45) is 1.77. The van der Waals surface area contributed by atoms with E-state index in [1.54, 1.807) is 0 Å². The van der Waals surface area contributed by atoms with Gasteiger partial charge in [0.05, 0.1) is 11.4 Å². The van der Waals surface area contributed by atoms with Crippen LogP contribution in [0.5, 0.6) is 0 Å². The van der Waals surface area contributed by atoms with Gasteiger partial charge in [0.25, 0.3) is 5.91 Å². The van der Waals surface area contributed by atoms with E-state index < -0.39 is 0 Å². The predicted molar refractivity (Wildman–Crippen MR) is 109 cm³/mol. The average molecular weight is 386 g/mol. The van der Waals surface area contributed by atoms with Crippen LogP contribution in [0.15, 0.2) is 47.8 Å². The highest BCUT2D eigenvalue weighted by molar-refractivity contribution is 7.12. The van der Waals surface area contributed by atoms with Crippen molar-refractivity contribution in [3.63, 3.8) is 0 Å². The normalized spacial score (nSPS) is 15.4. The summed E-state index contributed by atoms with van der Waals surface area (Å²) < 4.78 is 0. The molecule has 27 heavy (non-hydrogen) atoms. The summed E-state index contributed by atoms with van der Waals surface area (Å²) in [4.78, 5) is 29.7. The minimum atomic E-state index is 0.0135. The molecule has 2 aromatic rings. The Morgan fingerprint density at radius 3 is 2.52 bits per heavy atom. The van der Waals surface area contributed by atoms with Gasteiger partial charge in [-0.25, -0.2) is 0 Å². The highest BCUT2D eigenvalue weighted by Gasteiger charge is 2.24. The summed E-state index contributed by atoms with van der Waals surface area (Å²) in [5, 5.41) is 5.03. The molecule has 1 aliphatic rings. The molecular weight excluding hydrogens is 358 g/mol. The lowest BCUT2D eigenvalue weighted by Gasteiger charge is -2.33. The molecule has 0 saturated carbocycles. The Morgan fingerprint density at radius 2 is 1.89 bits per heavy atom.